The number of ether oxygens (including phenoxy) is 1. The number of hydrogen-bond donors (Lipinski definition) is 0. The summed E-state index contributed by atoms with van der Waals surface area (Å²) >= 11 is 0. The summed E-state index contributed by atoms with van der Waals surface area (Å²) in [5.74, 6) is 0. The van der Waals surface area contributed by atoms with E-state index in [1.165, 1.54) is 6.07 Å². The highest BCUT2D eigenvalue weighted by Gasteiger charge is 2.38. The van der Waals surface area contributed by atoms with Gasteiger partial charge in [0.2, 0.25) is 0 Å². The van der Waals surface area contributed by atoms with Gasteiger partial charge in [-0.05, 0) is 18.6 Å². The molecule has 14 heavy (non-hydrogen) atoms. The Hall–Kier alpha value is -1.03. The van der Waals surface area contributed by atoms with Crippen molar-refractivity contribution in [2.45, 2.75) is 19.2 Å². The Kier molecular flexibility index (Phi) is 2.03. The number of benzene rings is 1. The van der Waals surface area contributed by atoms with E-state index < -0.39 is 11.7 Å². The van der Waals surface area contributed by atoms with Crippen LogP contribution in [0.1, 0.15) is 22.8 Å². The molecule has 0 saturated carbocycles. The lowest BCUT2D eigenvalue weighted by molar-refractivity contribution is -0.138. The molecule has 1 aliphatic rings. The summed E-state index contributed by atoms with van der Waals surface area (Å²) in [6.07, 6.45) is -4.64. The molecule has 1 heterocycles. The first-order chi connectivity index (χ1) is 6.48. The van der Waals surface area contributed by atoms with Gasteiger partial charge in [0.05, 0.1) is 12.2 Å². The molecule has 0 spiro atoms. The predicted octanol–water partition coefficient (Wildman–Crippen LogP) is 3.09. The number of aryl methyl sites for hydroxylation is 1. The van der Waals surface area contributed by atoms with Crippen LogP contribution in [0, 0.1) is 6.92 Å². The first-order valence-electron chi connectivity index (χ1n) is 4.28. The van der Waals surface area contributed by atoms with Gasteiger partial charge >= 0.3 is 6.18 Å². The third-order valence-corrected chi connectivity index (χ3v) is 2.19. The summed E-state index contributed by atoms with van der Waals surface area (Å²) in [5, 5.41) is 0. The van der Waals surface area contributed by atoms with Gasteiger partial charge in [0.25, 0.3) is 0 Å². The van der Waals surface area contributed by atoms with Gasteiger partial charge in [-0.15, -0.1) is 0 Å². The zero-order valence-electron chi connectivity index (χ0n) is 7.56. The molecule has 1 aliphatic heterocycles. The van der Waals surface area contributed by atoms with Crippen LogP contribution >= 0.6 is 0 Å². The van der Waals surface area contributed by atoms with E-state index in [4.69, 9.17) is 4.74 Å². The number of hydrogen-bond acceptors (Lipinski definition) is 1. The Morgan fingerprint density at radius 1 is 1.36 bits per heavy atom. The second kappa shape index (κ2) is 2.98. The topological polar surface area (TPSA) is 12.5 Å². The van der Waals surface area contributed by atoms with Gasteiger partial charge < -0.3 is 4.74 Å². The first kappa shape index (κ1) is 9.52. The Labute approximate surface area is 79.5 Å². The molecule has 0 bridgehead atoms. The van der Waals surface area contributed by atoms with E-state index in [1.54, 1.807) is 13.0 Å². The fourth-order valence-electron chi connectivity index (χ4n) is 1.42. The van der Waals surface area contributed by atoms with Crippen molar-refractivity contribution >= 4 is 0 Å². The van der Waals surface area contributed by atoms with E-state index in [2.05, 4.69) is 0 Å². The Bertz CT molecular complexity index is 353. The molecule has 1 fully saturated rings. The molecule has 1 aromatic rings. The molecule has 0 N–H and O–H groups in total. The lowest BCUT2D eigenvalue weighted by Crippen LogP contribution is -2.09. The fraction of sp³-hybridized carbons (Fsp3) is 0.400. The van der Waals surface area contributed by atoms with Crippen LogP contribution in [0.15, 0.2) is 18.2 Å². The molecule has 0 aromatic heterocycles. The number of alkyl halides is 3. The Morgan fingerprint density at radius 3 is 2.50 bits per heavy atom. The van der Waals surface area contributed by atoms with E-state index in [0.717, 1.165) is 6.07 Å². The monoisotopic (exact) mass is 202 g/mol. The van der Waals surface area contributed by atoms with Crippen molar-refractivity contribution in [2.24, 2.45) is 0 Å². The van der Waals surface area contributed by atoms with Crippen molar-refractivity contribution < 1.29 is 17.9 Å². The van der Waals surface area contributed by atoms with Crippen molar-refractivity contribution in [3.8, 4) is 0 Å². The number of halogens is 3. The average molecular weight is 202 g/mol. The van der Waals surface area contributed by atoms with Crippen LogP contribution in [0.5, 0.6) is 0 Å². The van der Waals surface area contributed by atoms with Crippen LogP contribution in [0.4, 0.5) is 13.2 Å². The highest BCUT2D eigenvalue weighted by molar-refractivity contribution is 5.36. The SMILES string of the molecule is Cc1ccc(C2CO2)c(C(F)(F)F)c1. The molecule has 4 heteroatoms. The van der Waals surface area contributed by atoms with E-state index in [0.29, 0.717) is 12.2 Å². The van der Waals surface area contributed by atoms with Crippen molar-refractivity contribution in [3.05, 3.63) is 34.9 Å². The van der Waals surface area contributed by atoms with E-state index in [-0.39, 0.29) is 11.7 Å². The molecule has 1 saturated heterocycles. The second-order valence-electron chi connectivity index (χ2n) is 3.41. The predicted molar refractivity (Wildman–Crippen MR) is 44.9 cm³/mol. The second-order valence-corrected chi connectivity index (χ2v) is 3.41. The maximum Gasteiger partial charge on any atom is 0.416 e. The summed E-state index contributed by atoms with van der Waals surface area (Å²) in [6, 6.07) is 4.33. The molecular weight excluding hydrogens is 193 g/mol. The van der Waals surface area contributed by atoms with Crippen LogP contribution in [-0.4, -0.2) is 6.61 Å². The minimum atomic E-state index is -4.28. The van der Waals surface area contributed by atoms with E-state index >= 15 is 0 Å². The van der Waals surface area contributed by atoms with Crippen LogP contribution < -0.4 is 0 Å². The number of epoxide rings is 1. The fourth-order valence-corrected chi connectivity index (χ4v) is 1.42. The molecular formula is C10H9F3O. The highest BCUT2D eigenvalue weighted by atomic mass is 19.4. The molecule has 1 unspecified atom stereocenters. The highest BCUT2D eigenvalue weighted by Crippen LogP contribution is 2.40. The van der Waals surface area contributed by atoms with Crippen molar-refractivity contribution in [2.75, 3.05) is 6.61 Å². The minimum Gasteiger partial charge on any atom is -0.368 e. The normalized spacial score (nSPS) is 21.0. The van der Waals surface area contributed by atoms with Crippen molar-refractivity contribution in [1.29, 1.82) is 0 Å². The quantitative estimate of drug-likeness (QED) is 0.637. The minimum absolute atomic E-state index is 0.253. The van der Waals surface area contributed by atoms with Gasteiger partial charge in [-0.2, -0.15) is 13.2 Å². The number of rotatable bonds is 1. The summed E-state index contributed by atoms with van der Waals surface area (Å²) in [4.78, 5) is 0. The summed E-state index contributed by atoms with van der Waals surface area (Å²) < 4.78 is 42.6. The Balaban J connectivity index is 2.48. The third kappa shape index (κ3) is 1.75. The standard InChI is InChI=1S/C10H9F3O/c1-6-2-3-7(9-5-14-9)8(4-6)10(11,12)13/h2-4,9H,5H2,1H3. The molecule has 0 radical (unpaired) electrons. The molecule has 1 aromatic carbocycles. The summed E-state index contributed by atoms with van der Waals surface area (Å²) in [6.45, 7) is 2.04. The van der Waals surface area contributed by atoms with E-state index in [1.807, 2.05) is 0 Å². The summed E-state index contributed by atoms with van der Waals surface area (Å²) in [5.41, 5.74) is 0.296. The smallest absolute Gasteiger partial charge is 0.368 e. The average Bonchev–Trinajstić information content (AvgIpc) is 2.85. The molecule has 2 rings (SSSR count). The van der Waals surface area contributed by atoms with Gasteiger partial charge in [-0.25, -0.2) is 0 Å². The van der Waals surface area contributed by atoms with Gasteiger partial charge in [-0.1, -0.05) is 17.7 Å². The van der Waals surface area contributed by atoms with Crippen LogP contribution in [-0.2, 0) is 10.9 Å². The van der Waals surface area contributed by atoms with E-state index in [9.17, 15) is 13.2 Å². The molecule has 1 nitrogen and oxygen atoms in total. The zero-order chi connectivity index (χ0) is 10.3. The molecule has 1 atom stereocenters. The Morgan fingerprint density at radius 2 is 2.00 bits per heavy atom. The first-order valence-corrected chi connectivity index (χ1v) is 4.28. The van der Waals surface area contributed by atoms with Crippen LogP contribution in [0.25, 0.3) is 0 Å². The lowest BCUT2D eigenvalue weighted by Gasteiger charge is -2.11. The maximum absolute atomic E-state index is 12.6. The summed E-state index contributed by atoms with van der Waals surface area (Å²) in [7, 11) is 0. The van der Waals surface area contributed by atoms with Crippen molar-refractivity contribution in [3.63, 3.8) is 0 Å². The van der Waals surface area contributed by atoms with Gasteiger partial charge in [0.15, 0.2) is 0 Å². The van der Waals surface area contributed by atoms with Crippen LogP contribution in [0.3, 0.4) is 0 Å². The zero-order valence-corrected chi connectivity index (χ0v) is 7.56. The molecule has 0 amide bonds. The lowest BCUT2D eigenvalue weighted by atomic mass is 10.0. The van der Waals surface area contributed by atoms with Crippen molar-refractivity contribution in [1.82, 2.24) is 0 Å². The van der Waals surface area contributed by atoms with Gasteiger partial charge in [-0.3, -0.25) is 0 Å². The molecule has 76 valence electrons. The third-order valence-electron chi connectivity index (χ3n) is 2.19. The largest absolute Gasteiger partial charge is 0.416 e. The van der Waals surface area contributed by atoms with Crippen LogP contribution in [0.2, 0.25) is 0 Å². The van der Waals surface area contributed by atoms with Gasteiger partial charge in [0, 0.05) is 0 Å². The van der Waals surface area contributed by atoms with Gasteiger partial charge in [0.1, 0.15) is 6.10 Å². The molecule has 0 aliphatic carbocycles. The maximum atomic E-state index is 12.6.